The Bertz CT molecular complexity index is 866. The molecular weight excluding hydrogens is 396 g/mol. The fraction of sp³-hybridized carbons (Fsp3) is 0.500. The molecule has 0 saturated carbocycles. The Morgan fingerprint density at radius 1 is 1.48 bits per heavy atom. The summed E-state index contributed by atoms with van der Waals surface area (Å²) in [5.41, 5.74) is 6.03. The summed E-state index contributed by atoms with van der Waals surface area (Å²) < 4.78 is 31.6. The summed E-state index contributed by atoms with van der Waals surface area (Å²) in [7, 11) is -4.33. The molecule has 136 valence electrons. The van der Waals surface area contributed by atoms with E-state index >= 15 is 0 Å². The van der Waals surface area contributed by atoms with Crippen molar-refractivity contribution in [2.24, 2.45) is 5.73 Å². The van der Waals surface area contributed by atoms with Crippen LogP contribution < -0.4 is 5.73 Å². The van der Waals surface area contributed by atoms with Crippen molar-refractivity contribution in [2.75, 3.05) is 11.5 Å². The van der Waals surface area contributed by atoms with Gasteiger partial charge in [0.15, 0.2) is 5.88 Å². The Kier molecular flexibility index (Phi) is 4.76. The molecule has 3 rings (SSSR count). The molecule has 15 heteroatoms. The lowest BCUT2D eigenvalue weighted by Crippen LogP contribution is -2.68. The number of thioether (sulfide) groups is 2. The van der Waals surface area contributed by atoms with Crippen LogP contribution >= 0.6 is 23.5 Å². The van der Waals surface area contributed by atoms with E-state index in [1.165, 1.54) is 11.8 Å². The highest BCUT2D eigenvalue weighted by molar-refractivity contribution is 8.01. The number of carbonyl (C=O) groups is 2. The Morgan fingerprint density at radius 2 is 2.20 bits per heavy atom. The molecular formula is C10H12N6O6S3. The summed E-state index contributed by atoms with van der Waals surface area (Å²) in [6, 6.07) is -0.712. The smallest absolute Gasteiger partial charge is 0.352 e. The summed E-state index contributed by atoms with van der Waals surface area (Å²) in [6.45, 7) is 0. The molecule has 12 nitrogen and oxygen atoms in total. The first-order valence-electron chi connectivity index (χ1n) is 6.68. The van der Waals surface area contributed by atoms with Gasteiger partial charge in [0.25, 0.3) is 10.1 Å². The van der Waals surface area contributed by atoms with Crippen molar-refractivity contribution in [3.8, 4) is 0 Å². The van der Waals surface area contributed by atoms with E-state index in [0.717, 1.165) is 21.3 Å². The fourth-order valence-electron chi connectivity index (χ4n) is 2.38. The van der Waals surface area contributed by atoms with Crippen molar-refractivity contribution >= 4 is 45.5 Å². The number of aliphatic carboxylic acids is 1. The van der Waals surface area contributed by atoms with Gasteiger partial charge in [-0.15, -0.1) is 16.9 Å². The van der Waals surface area contributed by atoms with Crippen molar-refractivity contribution in [1.82, 2.24) is 25.1 Å². The van der Waals surface area contributed by atoms with Crippen molar-refractivity contribution in [3.05, 3.63) is 11.3 Å². The first kappa shape index (κ1) is 18.1. The van der Waals surface area contributed by atoms with E-state index in [-0.39, 0.29) is 16.6 Å². The lowest BCUT2D eigenvalue weighted by Gasteiger charge is -2.48. The van der Waals surface area contributed by atoms with Gasteiger partial charge in [0.05, 0.1) is 0 Å². The lowest BCUT2D eigenvalue weighted by atomic mass is 10.0. The highest BCUT2D eigenvalue weighted by Gasteiger charge is 2.51. The van der Waals surface area contributed by atoms with Gasteiger partial charge < -0.3 is 10.8 Å². The van der Waals surface area contributed by atoms with E-state index in [1.807, 2.05) is 0 Å². The average molecular weight is 408 g/mol. The monoisotopic (exact) mass is 408 g/mol. The number of carbonyl (C=O) groups excluding carboxylic acids is 1. The molecule has 3 heterocycles. The number of amides is 1. The number of nitrogens with zero attached hydrogens (tertiary/aromatic N) is 5. The van der Waals surface area contributed by atoms with Crippen LogP contribution in [0.2, 0.25) is 0 Å². The molecule has 0 bridgehead atoms. The quantitative estimate of drug-likeness (QED) is 0.273. The molecule has 0 aromatic carbocycles. The first-order chi connectivity index (χ1) is 11.7. The molecule has 4 N–H and O–H groups in total. The summed E-state index contributed by atoms with van der Waals surface area (Å²) >= 11 is 2.36. The highest BCUT2D eigenvalue weighted by atomic mass is 32.2. The standard InChI is InChI=1S/C10H12N6O6S3/c11-5-7(17)16-6(9(18)19)4(1-23-8(5)16)2-24-10-12-13-14-15(10)3-25(20,21)22/h5,8H,1-3,11H2,(H,18,19)(H,20,21,22)/t5-,8+/m0/s1. The maximum atomic E-state index is 11.9. The van der Waals surface area contributed by atoms with Gasteiger partial charge in [-0.2, -0.15) is 8.42 Å². The Labute approximate surface area is 149 Å². The van der Waals surface area contributed by atoms with Gasteiger partial charge in [-0.3, -0.25) is 14.2 Å². The van der Waals surface area contributed by atoms with Crippen LogP contribution in [0.25, 0.3) is 0 Å². The molecule has 0 spiro atoms. The molecule has 0 radical (unpaired) electrons. The zero-order valence-corrected chi connectivity index (χ0v) is 14.8. The topological polar surface area (TPSA) is 182 Å². The number of rotatable bonds is 6. The molecule has 1 amide bonds. The Morgan fingerprint density at radius 3 is 2.84 bits per heavy atom. The van der Waals surface area contributed by atoms with Crippen molar-refractivity contribution in [1.29, 1.82) is 0 Å². The molecule has 0 unspecified atom stereocenters. The maximum Gasteiger partial charge on any atom is 0.352 e. The van der Waals surface area contributed by atoms with Gasteiger partial charge >= 0.3 is 5.97 Å². The summed E-state index contributed by atoms with van der Waals surface area (Å²) in [5, 5.41) is 19.6. The number of aromatic nitrogens is 4. The molecule has 2 aliphatic rings. The maximum absolute atomic E-state index is 11.9. The van der Waals surface area contributed by atoms with Crippen molar-refractivity contribution < 1.29 is 27.7 Å². The van der Waals surface area contributed by atoms with E-state index in [1.54, 1.807) is 0 Å². The number of hydrogen-bond donors (Lipinski definition) is 3. The predicted octanol–water partition coefficient (Wildman–Crippen LogP) is -1.81. The number of carboxylic acids is 1. The largest absolute Gasteiger partial charge is 0.477 e. The third-order valence-electron chi connectivity index (χ3n) is 3.45. The van der Waals surface area contributed by atoms with Gasteiger partial charge in [-0.25, -0.2) is 9.48 Å². The van der Waals surface area contributed by atoms with E-state index in [2.05, 4.69) is 15.5 Å². The predicted molar refractivity (Wildman–Crippen MR) is 85.8 cm³/mol. The van der Waals surface area contributed by atoms with Crippen LogP contribution in [0.1, 0.15) is 0 Å². The number of carboxylic acid groups (broad SMARTS) is 1. The van der Waals surface area contributed by atoms with Gasteiger partial charge in [0, 0.05) is 11.5 Å². The van der Waals surface area contributed by atoms with Crippen LogP contribution in [-0.2, 0) is 25.6 Å². The van der Waals surface area contributed by atoms with Crippen molar-refractivity contribution in [3.63, 3.8) is 0 Å². The number of nitrogens with two attached hydrogens (primary N) is 1. The van der Waals surface area contributed by atoms with E-state index in [0.29, 0.717) is 11.3 Å². The zero-order valence-electron chi connectivity index (χ0n) is 12.3. The van der Waals surface area contributed by atoms with Gasteiger partial charge in [0.2, 0.25) is 11.1 Å². The second-order valence-electron chi connectivity index (χ2n) is 5.15. The third kappa shape index (κ3) is 3.50. The highest BCUT2D eigenvalue weighted by Crippen LogP contribution is 2.40. The van der Waals surface area contributed by atoms with Crippen LogP contribution in [0, 0.1) is 0 Å². The molecule has 1 aromatic rings. The van der Waals surface area contributed by atoms with Crippen LogP contribution in [0.3, 0.4) is 0 Å². The Balaban J connectivity index is 1.79. The van der Waals surface area contributed by atoms with E-state index < -0.39 is 39.3 Å². The van der Waals surface area contributed by atoms with Crippen LogP contribution in [0.15, 0.2) is 16.4 Å². The van der Waals surface area contributed by atoms with Crippen molar-refractivity contribution in [2.45, 2.75) is 22.4 Å². The zero-order chi connectivity index (χ0) is 18.4. The molecule has 0 aliphatic carbocycles. The molecule has 1 saturated heterocycles. The molecule has 2 atom stereocenters. The molecule has 1 aromatic heterocycles. The van der Waals surface area contributed by atoms with Gasteiger partial charge in [-0.1, -0.05) is 11.8 Å². The first-order valence-corrected chi connectivity index (χ1v) is 10.3. The fourth-order valence-corrected chi connectivity index (χ4v) is 5.25. The summed E-state index contributed by atoms with van der Waals surface area (Å²) in [4.78, 5) is 24.6. The van der Waals surface area contributed by atoms with Crippen LogP contribution in [0.4, 0.5) is 0 Å². The molecule has 1 fully saturated rings. The number of tetrazole rings is 1. The Hall–Kier alpha value is -1.68. The lowest BCUT2D eigenvalue weighted by molar-refractivity contribution is -0.147. The minimum atomic E-state index is -4.33. The second-order valence-corrected chi connectivity index (χ2v) is 8.62. The van der Waals surface area contributed by atoms with Crippen LogP contribution in [-0.4, -0.2) is 78.0 Å². The minimum Gasteiger partial charge on any atom is -0.477 e. The third-order valence-corrected chi connectivity index (χ3v) is 6.43. The molecule has 2 aliphatic heterocycles. The number of β-lactam (4-membered cyclic amide) rings is 1. The summed E-state index contributed by atoms with van der Waals surface area (Å²) in [6.07, 6.45) is 0. The second kappa shape index (κ2) is 6.56. The summed E-state index contributed by atoms with van der Waals surface area (Å²) in [5.74, 6) is -2.02. The number of hydrogen-bond acceptors (Lipinski definition) is 10. The minimum absolute atomic E-state index is 0.0913. The normalized spacial score (nSPS) is 23.4. The van der Waals surface area contributed by atoms with Gasteiger partial charge in [-0.05, 0) is 16.0 Å². The van der Waals surface area contributed by atoms with Gasteiger partial charge in [0.1, 0.15) is 17.1 Å². The van der Waals surface area contributed by atoms with Crippen LogP contribution in [0.5, 0.6) is 0 Å². The number of fused-ring (bicyclic) bond motifs is 1. The SMILES string of the molecule is N[C@H]1C(=O)N2C(C(=O)O)=C(CSc3nnnn3CS(=O)(=O)O)CS[C@H]12. The van der Waals surface area contributed by atoms with E-state index in [4.69, 9.17) is 10.3 Å². The van der Waals surface area contributed by atoms with E-state index in [9.17, 15) is 23.1 Å². The molecule has 25 heavy (non-hydrogen) atoms. The average Bonchev–Trinajstić information content (AvgIpc) is 2.96.